The van der Waals surface area contributed by atoms with Gasteiger partial charge in [0.2, 0.25) is 5.91 Å². The first kappa shape index (κ1) is 16.5. The van der Waals surface area contributed by atoms with E-state index in [2.05, 4.69) is 26.2 Å². The number of benzene rings is 1. The van der Waals surface area contributed by atoms with Crippen LogP contribution in [-0.2, 0) is 4.79 Å². The van der Waals surface area contributed by atoms with E-state index in [1.807, 2.05) is 39.0 Å². The summed E-state index contributed by atoms with van der Waals surface area (Å²) in [5.74, 6) is -0.363. The van der Waals surface area contributed by atoms with Crippen molar-refractivity contribution in [3.63, 3.8) is 0 Å². The molecule has 0 aliphatic carbocycles. The van der Waals surface area contributed by atoms with Crippen molar-refractivity contribution in [3.8, 4) is 0 Å². The third-order valence-electron chi connectivity index (χ3n) is 3.12. The summed E-state index contributed by atoms with van der Waals surface area (Å²) in [6.07, 6.45) is 1.68. The van der Waals surface area contributed by atoms with Gasteiger partial charge in [-0.3, -0.25) is 9.59 Å². The lowest BCUT2D eigenvalue weighted by Gasteiger charge is -2.23. The minimum Gasteiger partial charge on any atom is -0.360 e. The number of likely N-dealkylation sites (N-methyl/N-ethyl adjacent to an activating group) is 1. The zero-order valence-corrected chi connectivity index (χ0v) is 14.7. The predicted octanol–water partition coefficient (Wildman–Crippen LogP) is 2.92. The van der Waals surface area contributed by atoms with E-state index in [-0.39, 0.29) is 23.9 Å². The fourth-order valence-electron chi connectivity index (χ4n) is 2.22. The number of nitrogens with one attached hydrogen (secondary N) is 2. The maximum atomic E-state index is 12.5. The van der Waals surface area contributed by atoms with Gasteiger partial charge >= 0.3 is 0 Å². The highest BCUT2D eigenvalue weighted by atomic mass is 79.9. The van der Waals surface area contributed by atoms with Gasteiger partial charge in [-0.1, -0.05) is 15.9 Å². The Morgan fingerprint density at radius 1 is 1.32 bits per heavy atom. The van der Waals surface area contributed by atoms with Crippen LogP contribution in [0.4, 0.5) is 0 Å². The van der Waals surface area contributed by atoms with E-state index in [1.165, 1.54) is 4.90 Å². The Kier molecular flexibility index (Phi) is 4.60. The molecule has 0 radical (unpaired) electrons. The molecule has 22 heavy (non-hydrogen) atoms. The van der Waals surface area contributed by atoms with Crippen molar-refractivity contribution >= 4 is 38.6 Å². The van der Waals surface area contributed by atoms with E-state index < -0.39 is 0 Å². The Bertz CT molecular complexity index is 716. The van der Waals surface area contributed by atoms with Crippen molar-refractivity contribution in [1.29, 1.82) is 0 Å². The van der Waals surface area contributed by atoms with Gasteiger partial charge in [-0.05, 0) is 39.0 Å². The molecule has 0 saturated heterocycles. The number of nitrogens with zero attached hydrogens (tertiary/aromatic N) is 1. The molecule has 0 saturated carbocycles. The van der Waals surface area contributed by atoms with E-state index in [1.54, 1.807) is 13.2 Å². The topological polar surface area (TPSA) is 65.2 Å². The highest BCUT2D eigenvalue weighted by Gasteiger charge is 2.20. The minimum atomic E-state index is -0.313. The summed E-state index contributed by atoms with van der Waals surface area (Å²) in [6.45, 7) is 5.74. The summed E-state index contributed by atoms with van der Waals surface area (Å²) < 4.78 is 0.904. The Balaban J connectivity index is 2.16. The number of aromatic nitrogens is 1. The van der Waals surface area contributed by atoms with E-state index in [4.69, 9.17) is 0 Å². The quantitative estimate of drug-likeness (QED) is 0.877. The third-order valence-corrected chi connectivity index (χ3v) is 3.61. The molecule has 1 aromatic carbocycles. The van der Waals surface area contributed by atoms with Crippen LogP contribution in [0.3, 0.4) is 0 Å². The van der Waals surface area contributed by atoms with Crippen LogP contribution in [-0.4, -0.2) is 40.8 Å². The van der Waals surface area contributed by atoms with Crippen LogP contribution in [0.5, 0.6) is 0 Å². The number of amides is 2. The van der Waals surface area contributed by atoms with Gasteiger partial charge in [0.25, 0.3) is 5.91 Å². The molecule has 0 unspecified atom stereocenters. The summed E-state index contributed by atoms with van der Waals surface area (Å²) in [5, 5.41) is 3.68. The second-order valence-corrected chi connectivity index (χ2v) is 7.27. The number of hydrogen-bond donors (Lipinski definition) is 2. The van der Waals surface area contributed by atoms with Gasteiger partial charge in [0.15, 0.2) is 0 Å². The maximum absolute atomic E-state index is 12.5. The first-order valence-electron chi connectivity index (χ1n) is 7.00. The van der Waals surface area contributed by atoms with E-state index in [9.17, 15) is 9.59 Å². The number of carbonyl (C=O) groups is 2. The molecule has 0 aliphatic heterocycles. The highest BCUT2D eigenvalue weighted by Crippen LogP contribution is 2.23. The molecule has 0 fully saturated rings. The summed E-state index contributed by atoms with van der Waals surface area (Å²) in [4.78, 5) is 29.0. The van der Waals surface area contributed by atoms with Crippen LogP contribution in [0, 0.1) is 0 Å². The number of fused-ring (bicyclic) bond motifs is 1. The molecular formula is C16H20BrN3O2. The number of halogens is 1. The van der Waals surface area contributed by atoms with Gasteiger partial charge in [0.1, 0.15) is 0 Å². The molecule has 5 nitrogen and oxygen atoms in total. The standard InChI is InChI=1S/C16H20BrN3O2/c1-16(2,3)19-14(21)9-20(4)15(22)12-8-18-13-6-5-10(17)7-11(12)13/h5-8,18H,9H2,1-4H3,(H,19,21). The average Bonchev–Trinajstić information content (AvgIpc) is 2.78. The first-order valence-corrected chi connectivity index (χ1v) is 7.80. The van der Waals surface area contributed by atoms with Crippen molar-refractivity contribution < 1.29 is 9.59 Å². The molecule has 2 amide bonds. The van der Waals surface area contributed by atoms with Crippen LogP contribution in [0.2, 0.25) is 0 Å². The van der Waals surface area contributed by atoms with Gasteiger partial charge in [-0.25, -0.2) is 0 Å². The van der Waals surface area contributed by atoms with E-state index in [0.29, 0.717) is 5.56 Å². The zero-order valence-electron chi connectivity index (χ0n) is 13.2. The van der Waals surface area contributed by atoms with Crippen molar-refractivity contribution in [2.24, 2.45) is 0 Å². The highest BCUT2D eigenvalue weighted by molar-refractivity contribution is 9.10. The van der Waals surface area contributed by atoms with Crippen molar-refractivity contribution in [1.82, 2.24) is 15.2 Å². The average molecular weight is 366 g/mol. The first-order chi connectivity index (χ1) is 10.2. The van der Waals surface area contributed by atoms with Crippen LogP contribution >= 0.6 is 15.9 Å². The second kappa shape index (κ2) is 6.12. The summed E-state index contributed by atoms with van der Waals surface area (Å²) in [5.41, 5.74) is 1.13. The molecule has 1 heterocycles. The molecule has 0 bridgehead atoms. The summed E-state index contributed by atoms with van der Waals surface area (Å²) >= 11 is 3.41. The Morgan fingerprint density at radius 2 is 2.00 bits per heavy atom. The second-order valence-electron chi connectivity index (χ2n) is 6.35. The Labute approximate surface area is 138 Å². The van der Waals surface area contributed by atoms with Gasteiger partial charge in [0.05, 0.1) is 12.1 Å². The maximum Gasteiger partial charge on any atom is 0.256 e. The molecule has 2 N–H and O–H groups in total. The predicted molar refractivity (Wildman–Crippen MR) is 90.9 cm³/mol. The zero-order chi connectivity index (χ0) is 16.5. The van der Waals surface area contributed by atoms with Crippen LogP contribution in [0.15, 0.2) is 28.9 Å². The van der Waals surface area contributed by atoms with Crippen LogP contribution in [0.1, 0.15) is 31.1 Å². The van der Waals surface area contributed by atoms with Crippen molar-refractivity contribution in [2.75, 3.05) is 13.6 Å². The molecule has 2 rings (SSSR count). The van der Waals surface area contributed by atoms with E-state index >= 15 is 0 Å². The summed E-state index contributed by atoms with van der Waals surface area (Å²) in [6, 6.07) is 5.71. The molecule has 118 valence electrons. The normalized spacial score (nSPS) is 11.5. The molecule has 1 aromatic heterocycles. The number of carbonyl (C=O) groups excluding carboxylic acids is 2. The Hall–Kier alpha value is -1.82. The minimum absolute atomic E-state index is 0.0246. The van der Waals surface area contributed by atoms with Crippen LogP contribution in [0.25, 0.3) is 10.9 Å². The van der Waals surface area contributed by atoms with Crippen LogP contribution < -0.4 is 5.32 Å². The smallest absolute Gasteiger partial charge is 0.256 e. The molecule has 2 aromatic rings. The van der Waals surface area contributed by atoms with Crippen molar-refractivity contribution in [2.45, 2.75) is 26.3 Å². The van der Waals surface area contributed by atoms with Gasteiger partial charge in [-0.15, -0.1) is 0 Å². The van der Waals surface area contributed by atoms with Gasteiger partial charge in [0, 0.05) is 34.2 Å². The lowest BCUT2D eigenvalue weighted by Crippen LogP contribution is -2.46. The van der Waals surface area contributed by atoms with E-state index in [0.717, 1.165) is 15.4 Å². The molecular weight excluding hydrogens is 346 g/mol. The number of hydrogen-bond acceptors (Lipinski definition) is 2. The SMILES string of the molecule is CN(CC(=O)NC(C)(C)C)C(=O)c1c[nH]c2ccc(Br)cc12. The largest absolute Gasteiger partial charge is 0.360 e. The van der Waals surface area contributed by atoms with Crippen molar-refractivity contribution in [3.05, 3.63) is 34.4 Å². The molecule has 0 aliphatic rings. The van der Waals surface area contributed by atoms with Gasteiger partial charge < -0.3 is 15.2 Å². The number of aromatic amines is 1. The lowest BCUT2D eigenvalue weighted by atomic mass is 10.1. The molecule has 0 spiro atoms. The van der Waals surface area contributed by atoms with Gasteiger partial charge in [-0.2, -0.15) is 0 Å². The third kappa shape index (κ3) is 3.88. The number of rotatable bonds is 3. The fraction of sp³-hybridized carbons (Fsp3) is 0.375. The monoisotopic (exact) mass is 365 g/mol. The fourth-order valence-corrected chi connectivity index (χ4v) is 2.58. The molecule has 0 atom stereocenters. The Morgan fingerprint density at radius 3 is 2.64 bits per heavy atom. The summed E-state index contributed by atoms with van der Waals surface area (Å²) in [7, 11) is 1.63. The number of H-pyrrole nitrogens is 1. The lowest BCUT2D eigenvalue weighted by molar-refractivity contribution is -0.122. The molecule has 6 heteroatoms.